The van der Waals surface area contributed by atoms with Crippen molar-refractivity contribution in [3.63, 3.8) is 0 Å². The molecule has 0 aliphatic rings. The second-order valence-corrected chi connectivity index (χ2v) is 5.97. The number of aryl methyl sites for hydroxylation is 2. The van der Waals surface area contributed by atoms with Gasteiger partial charge in [-0.1, -0.05) is 17.7 Å². The Kier molecular flexibility index (Phi) is 4.57. The van der Waals surface area contributed by atoms with Gasteiger partial charge in [0.1, 0.15) is 17.3 Å². The Morgan fingerprint density at radius 2 is 1.90 bits per heavy atom. The summed E-state index contributed by atoms with van der Waals surface area (Å²) in [4.78, 5) is 0. The first-order chi connectivity index (χ1) is 9.38. The van der Waals surface area contributed by atoms with E-state index in [9.17, 15) is 4.39 Å². The van der Waals surface area contributed by atoms with Gasteiger partial charge < -0.3 is 9.73 Å². The van der Waals surface area contributed by atoms with Gasteiger partial charge in [-0.2, -0.15) is 0 Å². The minimum atomic E-state index is -0.418. The Labute approximate surface area is 131 Å². The van der Waals surface area contributed by atoms with Crippen LogP contribution in [0.3, 0.4) is 0 Å². The molecule has 1 aromatic carbocycles. The van der Waals surface area contributed by atoms with E-state index in [0.29, 0.717) is 10.0 Å². The molecule has 0 bridgehead atoms. The molecule has 1 unspecified atom stereocenters. The second kappa shape index (κ2) is 5.88. The van der Waals surface area contributed by atoms with Gasteiger partial charge in [-0.3, -0.25) is 0 Å². The Hall–Kier alpha value is -0.840. The van der Waals surface area contributed by atoms with Crippen molar-refractivity contribution in [3.8, 4) is 0 Å². The van der Waals surface area contributed by atoms with Crippen LogP contribution in [0.1, 0.15) is 34.3 Å². The van der Waals surface area contributed by atoms with Crippen LogP contribution in [0.25, 0.3) is 0 Å². The van der Waals surface area contributed by atoms with Crippen LogP contribution < -0.4 is 5.32 Å². The predicted molar refractivity (Wildman–Crippen MR) is 82.9 cm³/mol. The Morgan fingerprint density at radius 1 is 1.25 bits per heavy atom. The molecule has 1 aromatic heterocycles. The van der Waals surface area contributed by atoms with Gasteiger partial charge in [-0.15, -0.1) is 0 Å². The molecule has 0 fully saturated rings. The zero-order chi connectivity index (χ0) is 15.0. The summed E-state index contributed by atoms with van der Waals surface area (Å²) < 4.78 is 20.6. The number of nitrogens with one attached hydrogen (secondary N) is 1. The molecule has 2 rings (SSSR count). The normalized spacial score (nSPS) is 12.8. The molecule has 0 radical (unpaired) electrons. The minimum Gasteiger partial charge on any atom is -0.466 e. The lowest BCUT2D eigenvalue weighted by Gasteiger charge is -2.19. The lowest BCUT2D eigenvalue weighted by atomic mass is 9.95. The molecule has 0 amide bonds. The monoisotopic (exact) mass is 359 g/mol. The quantitative estimate of drug-likeness (QED) is 0.773. The first-order valence-corrected chi connectivity index (χ1v) is 7.42. The molecule has 0 saturated carbocycles. The molecule has 0 aliphatic carbocycles. The van der Waals surface area contributed by atoms with Gasteiger partial charge in [0.15, 0.2) is 0 Å². The summed E-state index contributed by atoms with van der Waals surface area (Å²) in [6.07, 6.45) is 0. The molecule has 2 aromatic rings. The van der Waals surface area contributed by atoms with Crippen molar-refractivity contribution >= 4 is 27.5 Å². The zero-order valence-electron chi connectivity index (χ0n) is 11.8. The van der Waals surface area contributed by atoms with Crippen LogP contribution in [0.5, 0.6) is 0 Å². The maximum absolute atomic E-state index is 14.4. The van der Waals surface area contributed by atoms with Crippen LogP contribution >= 0.6 is 27.5 Å². The van der Waals surface area contributed by atoms with E-state index in [2.05, 4.69) is 21.2 Å². The van der Waals surface area contributed by atoms with E-state index in [1.165, 1.54) is 0 Å². The molecule has 2 nitrogen and oxygen atoms in total. The lowest BCUT2D eigenvalue weighted by Crippen LogP contribution is -2.20. The number of rotatable bonds is 3. The maximum Gasteiger partial charge on any atom is 0.148 e. The molecule has 0 saturated heterocycles. The van der Waals surface area contributed by atoms with Crippen molar-refractivity contribution in [1.29, 1.82) is 0 Å². The van der Waals surface area contributed by atoms with Crippen molar-refractivity contribution in [1.82, 2.24) is 5.32 Å². The fourth-order valence-corrected chi connectivity index (χ4v) is 2.93. The van der Waals surface area contributed by atoms with Gasteiger partial charge in [0, 0.05) is 15.6 Å². The molecular formula is C15H16BrClFNO. The summed E-state index contributed by atoms with van der Waals surface area (Å²) in [6.45, 7) is 5.77. The van der Waals surface area contributed by atoms with Gasteiger partial charge >= 0.3 is 0 Å². The summed E-state index contributed by atoms with van der Waals surface area (Å²) >= 11 is 9.21. The highest BCUT2D eigenvalue weighted by molar-refractivity contribution is 9.10. The number of furan rings is 1. The molecule has 1 N–H and O–H groups in total. The van der Waals surface area contributed by atoms with Gasteiger partial charge in [0.05, 0.1) is 11.1 Å². The Balaban J connectivity index is 2.62. The highest BCUT2D eigenvalue weighted by atomic mass is 79.9. The van der Waals surface area contributed by atoms with Gasteiger partial charge in [0.25, 0.3) is 0 Å². The molecule has 0 spiro atoms. The largest absolute Gasteiger partial charge is 0.466 e. The standard InChI is InChI=1S/C15H16BrClFNO/c1-7-8(2)20-9(3)12(7)15(19-4)10-5-6-11(16)13(17)14(10)18/h5-6,15,19H,1-4H3. The van der Waals surface area contributed by atoms with E-state index < -0.39 is 5.82 Å². The second-order valence-electron chi connectivity index (χ2n) is 4.74. The van der Waals surface area contributed by atoms with Crippen LogP contribution in [-0.4, -0.2) is 7.05 Å². The molecule has 1 atom stereocenters. The van der Waals surface area contributed by atoms with E-state index >= 15 is 0 Å². The molecular weight excluding hydrogens is 345 g/mol. The fraction of sp³-hybridized carbons (Fsp3) is 0.333. The zero-order valence-corrected chi connectivity index (χ0v) is 14.1. The Morgan fingerprint density at radius 3 is 2.40 bits per heavy atom. The summed E-state index contributed by atoms with van der Waals surface area (Å²) in [5.74, 6) is 1.22. The SMILES string of the molecule is CNC(c1ccc(Br)c(Cl)c1F)c1c(C)oc(C)c1C. The molecule has 1 heterocycles. The summed E-state index contributed by atoms with van der Waals surface area (Å²) in [5, 5.41) is 3.24. The third kappa shape index (κ3) is 2.52. The molecule has 108 valence electrons. The first-order valence-electron chi connectivity index (χ1n) is 6.25. The first kappa shape index (κ1) is 15.5. The van der Waals surface area contributed by atoms with Crippen molar-refractivity contribution < 1.29 is 8.81 Å². The van der Waals surface area contributed by atoms with E-state index in [1.807, 2.05) is 20.8 Å². The van der Waals surface area contributed by atoms with Crippen LogP contribution in [0.4, 0.5) is 4.39 Å². The third-order valence-electron chi connectivity index (χ3n) is 3.57. The lowest BCUT2D eigenvalue weighted by molar-refractivity contribution is 0.494. The average molecular weight is 361 g/mol. The van der Waals surface area contributed by atoms with Gasteiger partial charge in [0.2, 0.25) is 0 Å². The highest BCUT2D eigenvalue weighted by Crippen LogP contribution is 2.36. The molecule has 20 heavy (non-hydrogen) atoms. The fourth-order valence-electron chi connectivity index (χ4n) is 2.45. The third-order valence-corrected chi connectivity index (χ3v) is 4.83. The van der Waals surface area contributed by atoms with Crippen molar-refractivity contribution in [3.05, 3.63) is 55.7 Å². The van der Waals surface area contributed by atoms with E-state index in [-0.39, 0.29) is 11.1 Å². The van der Waals surface area contributed by atoms with E-state index in [4.69, 9.17) is 16.0 Å². The summed E-state index contributed by atoms with van der Waals surface area (Å²) in [5.41, 5.74) is 2.50. The summed E-state index contributed by atoms with van der Waals surface area (Å²) in [6, 6.07) is 3.19. The highest BCUT2D eigenvalue weighted by Gasteiger charge is 2.25. The van der Waals surface area contributed by atoms with Gasteiger partial charge in [-0.25, -0.2) is 4.39 Å². The van der Waals surface area contributed by atoms with Crippen LogP contribution in [0.2, 0.25) is 5.02 Å². The topological polar surface area (TPSA) is 25.2 Å². The average Bonchev–Trinajstić information content (AvgIpc) is 2.65. The van der Waals surface area contributed by atoms with Crippen LogP contribution in [0, 0.1) is 26.6 Å². The van der Waals surface area contributed by atoms with Crippen LogP contribution in [0.15, 0.2) is 21.0 Å². The number of hydrogen-bond donors (Lipinski definition) is 1. The number of benzene rings is 1. The summed E-state index contributed by atoms with van der Waals surface area (Å²) in [7, 11) is 1.79. The van der Waals surface area contributed by atoms with Gasteiger partial charge in [-0.05, 0) is 55.4 Å². The predicted octanol–water partition coefficient (Wildman–Crippen LogP) is 5.07. The van der Waals surface area contributed by atoms with Crippen molar-refractivity contribution in [2.45, 2.75) is 26.8 Å². The Bertz CT molecular complexity index is 654. The number of hydrogen-bond acceptors (Lipinski definition) is 2. The van der Waals surface area contributed by atoms with Crippen molar-refractivity contribution in [2.24, 2.45) is 0 Å². The minimum absolute atomic E-state index is 0.0956. The molecule has 5 heteroatoms. The van der Waals surface area contributed by atoms with E-state index in [1.54, 1.807) is 19.2 Å². The molecule has 0 aliphatic heterocycles. The van der Waals surface area contributed by atoms with E-state index in [0.717, 1.165) is 22.6 Å². The smallest absolute Gasteiger partial charge is 0.148 e. The number of halogens is 3. The maximum atomic E-state index is 14.4. The van der Waals surface area contributed by atoms with Crippen molar-refractivity contribution in [2.75, 3.05) is 7.05 Å². The van der Waals surface area contributed by atoms with Crippen LogP contribution in [-0.2, 0) is 0 Å².